The van der Waals surface area contributed by atoms with Gasteiger partial charge in [-0.1, -0.05) is 38.0 Å². The summed E-state index contributed by atoms with van der Waals surface area (Å²) in [6, 6.07) is 1.31. The van der Waals surface area contributed by atoms with Crippen molar-refractivity contribution >= 4 is 12.0 Å². The molecule has 2 rings (SSSR count). The van der Waals surface area contributed by atoms with Crippen molar-refractivity contribution in [3.05, 3.63) is 35.4 Å². The third-order valence-corrected chi connectivity index (χ3v) is 4.81. The van der Waals surface area contributed by atoms with E-state index in [-0.39, 0.29) is 18.6 Å². The van der Waals surface area contributed by atoms with Crippen LogP contribution in [0.2, 0.25) is 0 Å². The van der Waals surface area contributed by atoms with Crippen LogP contribution in [0.3, 0.4) is 0 Å². The molecule has 7 heteroatoms. The smallest absolute Gasteiger partial charge is 0.330 e. The van der Waals surface area contributed by atoms with E-state index in [0.717, 1.165) is 24.6 Å². The fraction of sp³-hybridized carbons (Fsp3) is 0.524. The molecule has 0 saturated heterocycles. The number of hydrogen-bond acceptors (Lipinski definition) is 3. The number of esters is 1. The number of halogens is 2. The molecule has 1 aromatic rings. The summed E-state index contributed by atoms with van der Waals surface area (Å²) in [5.74, 6) is 0.498. The van der Waals surface area contributed by atoms with E-state index in [1.807, 2.05) is 0 Å². The second-order valence-electron chi connectivity index (χ2n) is 7.04. The van der Waals surface area contributed by atoms with Gasteiger partial charge in [-0.3, -0.25) is 0 Å². The molecule has 1 aliphatic carbocycles. The van der Waals surface area contributed by atoms with E-state index in [9.17, 15) is 18.4 Å². The first-order valence-electron chi connectivity index (χ1n) is 9.57. The van der Waals surface area contributed by atoms with Crippen molar-refractivity contribution in [2.45, 2.75) is 51.0 Å². The molecule has 5 nitrogen and oxygen atoms in total. The number of nitrogens with one attached hydrogen (secondary N) is 2. The molecule has 0 radical (unpaired) electrons. The van der Waals surface area contributed by atoms with E-state index in [1.165, 1.54) is 32.1 Å². The maximum Gasteiger partial charge on any atom is 0.330 e. The van der Waals surface area contributed by atoms with Gasteiger partial charge in [-0.2, -0.15) is 0 Å². The maximum absolute atomic E-state index is 13.4. The van der Waals surface area contributed by atoms with Gasteiger partial charge >= 0.3 is 12.0 Å². The molecule has 1 fully saturated rings. The third kappa shape index (κ3) is 7.55. The Hall–Kier alpha value is -2.62. The monoisotopic (exact) mass is 392 g/mol. The molecule has 0 spiro atoms. The van der Waals surface area contributed by atoms with E-state index in [1.54, 1.807) is 0 Å². The quantitative estimate of drug-likeness (QED) is 0.527. The molecular formula is C21H26F2N2O3. The number of ether oxygens (including phenoxy) is 1. The minimum absolute atomic E-state index is 0.117. The second-order valence-corrected chi connectivity index (χ2v) is 7.04. The van der Waals surface area contributed by atoms with Crippen LogP contribution in [-0.2, 0) is 16.0 Å². The first-order chi connectivity index (χ1) is 13.5. The molecule has 0 aliphatic heterocycles. The lowest BCUT2D eigenvalue weighted by Crippen LogP contribution is -2.48. The number of benzene rings is 1. The SMILES string of the molecule is C#CCOC(=O)[C@H](Cc1cc(F)cc(F)c1)NC(=O)NCCC1CCCCC1. The molecule has 1 aliphatic rings. The van der Waals surface area contributed by atoms with Crippen LogP contribution < -0.4 is 10.6 Å². The normalized spacial score (nSPS) is 15.3. The lowest BCUT2D eigenvalue weighted by atomic mass is 9.87. The average Bonchev–Trinajstić information content (AvgIpc) is 2.65. The highest BCUT2D eigenvalue weighted by Gasteiger charge is 2.23. The highest BCUT2D eigenvalue weighted by atomic mass is 19.1. The van der Waals surface area contributed by atoms with Crippen molar-refractivity contribution in [1.29, 1.82) is 0 Å². The zero-order valence-electron chi connectivity index (χ0n) is 15.8. The standard InChI is InChI=1S/C21H26F2N2O3/c1-2-10-28-20(26)19(13-16-11-17(22)14-18(23)12-16)25-21(27)24-9-8-15-6-4-3-5-7-15/h1,11-12,14-15,19H,3-10,13H2,(H2,24,25,27)/t19-/m0/s1. The van der Waals surface area contributed by atoms with Crippen molar-refractivity contribution in [2.75, 3.05) is 13.2 Å². The molecule has 0 heterocycles. The summed E-state index contributed by atoms with van der Waals surface area (Å²) >= 11 is 0. The Bertz CT molecular complexity index is 692. The first-order valence-corrected chi connectivity index (χ1v) is 9.57. The lowest BCUT2D eigenvalue weighted by Gasteiger charge is -2.22. The molecule has 0 unspecified atom stereocenters. The number of urea groups is 1. The summed E-state index contributed by atoms with van der Waals surface area (Å²) in [6.45, 7) is 0.245. The Labute approximate surface area is 164 Å². The minimum Gasteiger partial charge on any atom is -0.451 e. The number of carbonyl (C=O) groups is 2. The van der Waals surface area contributed by atoms with Gasteiger partial charge in [0.15, 0.2) is 6.61 Å². The number of hydrogen-bond donors (Lipinski definition) is 2. The van der Waals surface area contributed by atoms with E-state index in [2.05, 4.69) is 16.6 Å². The van der Waals surface area contributed by atoms with Crippen molar-refractivity contribution in [1.82, 2.24) is 10.6 Å². The molecule has 0 aromatic heterocycles. The first kappa shape index (κ1) is 21.7. The van der Waals surface area contributed by atoms with Crippen LogP contribution in [0.15, 0.2) is 18.2 Å². The fourth-order valence-electron chi connectivity index (χ4n) is 3.45. The maximum atomic E-state index is 13.4. The Morgan fingerprint density at radius 1 is 1.18 bits per heavy atom. The lowest BCUT2D eigenvalue weighted by molar-refractivity contribution is -0.144. The number of carbonyl (C=O) groups excluding carboxylic acids is 2. The van der Waals surface area contributed by atoms with Gasteiger partial charge in [0, 0.05) is 19.0 Å². The van der Waals surface area contributed by atoms with Gasteiger partial charge in [0.1, 0.15) is 17.7 Å². The Kier molecular flexibility index (Phi) is 8.73. The summed E-state index contributed by atoms with van der Waals surface area (Å²) in [5, 5.41) is 5.25. The Balaban J connectivity index is 1.91. The zero-order valence-corrected chi connectivity index (χ0v) is 15.8. The molecule has 152 valence electrons. The van der Waals surface area contributed by atoms with Crippen LogP contribution in [0.5, 0.6) is 0 Å². The van der Waals surface area contributed by atoms with Crippen LogP contribution in [0, 0.1) is 29.9 Å². The topological polar surface area (TPSA) is 67.4 Å². The third-order valence-electron chi connectivity index (χ3n) is 4.81. The van der Waals surface area contributed by atoms with Crippen LogP contribution in [0.25, 0.3) is 0 Å². The van der Waals surface area contributed by atoms with Gasteiger partial charge in [-0.15, -0.1) is 6.42 Å². The zero-order chi connectivity index (χ0) is 20.4. The van der Waals surface area contributed by atoms with Gasteiger partial charge < -0.3 is 15.4 Å². The minimum atomic E-state index is -1.11. The molecule has 1 atom stereocenters. The molecule has 2 amide bonds. The molecule has 2 N–H and O–H groups in total. The van der Waals surface area contributed by atoms with Crippen LogP contribution >= 0.6 is 0 Å². The molecule has 1 saturated carbocycles. The summed E-state index contributed by atoms with van der Waals surface area (Å²) in [4.78, 5) is 24.4. The number of terminal acetylenes is 1. The predicted octanol–water partition coefficient (Wildman–Crippen LogP) is 3.32. The van der Waals surface area contributed by atoms with E-state index in [4.69, 9.17) is 11.2 Å². The largest absolute Gasteiger partial charge is 0.451 e. The summed E-state index contributed by atoms with van der Waals surface area (Å²) in [6.07, 6.45) is 11.9. The van der Waals surface area contributed by atoms with Crippen LogP contribution in [-0.4, -0.2) is 31.2 Å². The van der Waals surface area contributed by atoms with Crippen LogP contribution in [0.1, 0.15) is 44.1 Å². The van der Waals surface area contributed by atoms with Crippen molar-refractivity contribution in [3.63, 3.8) is 0 Å². The number of rotatable bonds is 8. The molecule has 1 aromatic carbocycles. The van der Waals surface area contributed by atoms with E-state index >= 15 is 0 Å². The highest BCUT2D eigenvalue weighted by molar-refractivity contribution is 5.83. The fourth-order valence-corrected chi connectivity index (χ4v) is 3.45. The molecule has 0 bridgehead atoms. The number of amides is 2. The van der Waals surface area contributed by atoms with Gasteiger partial charge in [-0.25, -0.2) is 18.4 Å². The van der Waals surface area contributed by atoms with Crippen molar-refractivity contribution in [3.8, 4) is 12.3 Å². The van der Waals surface area contributed by atoms with Crippen LogP contribution in [0.4, 0.5) is 13.6 Å². The van der Waals surface area contributed by atoms with Gasteiger partial charge in [0.05, 0.1) is 0 Å². The highest BCUT2D eigenvalue weighted by Crippen LogP contribution is 2.25. The van der Waals surface area contributed by atoms with Gasteiger partial charge in [-0.05, 0) is 30.0 Å². The van der Waals surface area contributed by atoms with E-state index in [0.29, 0.717) is 12.5 Å². The average molecular weight is 392 g/mol. The second kappa shape index (κ2) is 11.3. The van der Waals surface area contributed by atoms with Gasteiger partial charge in [0.2, 0.25) is 0 Å². The molecule has 28 heavy (non-hydrogen) atoms. The summed E-state index contributed by atoms with van der Waals surface area (Å²) in [7, 11) is 0. The Morgan fingerprint density at radius 3 is 2.50 bits per heavy atom. The Morgan fingerprint density at radius 2 is 1.86 bits per heavy atom. The van der Waals surface area contributed by atoms with Crippen molar-refractivity contribution in [2.24, 2.45) is 5.92 Å². The molecular weight excluding hydrogens is 366 g/mol. The predicted molar refractivity (Wildman–Crippen MR) is 101 cm³/mol. The van der Waals surface area contributed by atoms with Crippen molar-refractivity contribution < 1.29 is 23.1 Å². The van der Waals surface area contributed by atoms with Gasteiger partial charge in [0.25, 0.3) is 0 Å². The summed E-state index contributed by atoms with van der Waals surface area (Å²) in [5.41, 5.74) is 0.225. The van der Waals surface area contributed by atoms with E-state index < -0.39 is 29.7 Å². The summed E-state index contributed by atoms with van der Waals surface area (Å²) < 4.78 is 31.7.